The summed E-state index contributed by atoms with van der Waals surface area (Å²) in [5, 5.41) is 3.89. The van der Waals surface area contributed by atoms with Crippen molar-refractivity contribution in [3.8, 4) is 0 Å². The van der Waals surface area contributed by atoms with E-state index in [1.165, 1.54) is 49.7 Å². The van der Waals surface area contributed by atoms with Crippen LogP contribution in [0.5, 0.6) is 0 Å². The van der Waals surface area contributed by atoms with Gasteiger partial charge in [-0.15, -0.1) is 0 Å². The fourth-order valence-corrected chi connectivity index (χ4v) is 3.89. The van der Waals surface area contributed by atoms with Crippen molar-refractivity contribution in [2.24, 2.45) is 11.8 Å². The molecule has 3 atom stereocenters. The third-order valence-electron chi connectivity index (χ3n) is 5.14. The molecule has 0 heterocycles. The average molecular weight is 257 g/mol. The van der Waals surface area contributed by atoms with Crippen molar-refractivity contribution in [3.63, 3.8) is 0 Å². The first-order chi connectivity index (χ1) is 9.24. The molecule has 0 amide bonds. The zero-order valence-corrected chi connectivity index (χ0v) is 12.4. The van der Waals surface area contributed by atoms with Crippen LogP contribution < -0.4 is 5.32 Å². The highest BCUT2D eigenvalue weighted by atomic mass is 14.9. The van der Waals surface area contributed by atoms with Gasteiger partial charge in [0.2, 0.25) is 0 Å². The van der Waals surface area contributed by atoms with Crippen molar-refractivity contribution >= 4 is 0 Å². The number of benzene rings is 1. The van der Waals surface area contributed by atoms with Crippen LogP contribution in [0.3, 0.4) is 0 Å². The number of nitrogens with one attached hydrogen (secondary N) is 1. The standard InChI is InChI=1S/C18H27N/c1-13-6-3-4-9-18(13)14(2)19-17-8-5-7-16(12-17)15-10-11-15/h3-4,6,9,14-17,19H,5,7-8,10-12H2,1-2H3/t14-,16?,17?/m1/s1. The van der Waals surface area contributed by atoms with E-state index in [-0.39, 0.29) is 0 Å². The van der Waals surface area contributed by atoms with Crippen LogP contribution in [-0.4, -0.2) is 6.04 Å². The summed E-state index contributed by atoms with van der Waals surface area (Å²) in [6, 6.07) is 10.0. The molecular formula is C18H27N. The Morgan fingerprint density at radius 3 is 2.58 bits per heavy atom. The van der Waals surface area contributed by atoms with Crippen LogP contribution in [0.25, 0.3) is 0 Å². The Morgan fingerprint density at radius 2 is 1.84 bits per heavy atom. The molecule has 1 aromatic rings. The van der Waals surface area contributed by atoms with E-state index >= 15 is 0 Å². The molecule has 2 fully saturated rings. The van der Waals surface area contributed by atoms with Gasteiger partial charge in [0, 0.05) is 12.1 Å². The average Bonchev–Trinajstić information content (AvgIpc) is 3.24. The molecule has 0 spiro atoms. The quantitative estimate of drug-likeness (QED) is 0.830. The zero-order chi connectivity index (χ0) is 13.2. The lowest BCUT2D eigenvalue weighted by atomic mass is 9.82. The van der Waals surface area contributed by atoms with E-state index in [0.29, 0.717) is 6.04 Å². The van der Waals surface area contributed by atoms with Gasteiger partial charge in [-0.2, -0.15) is 0 Å². The van der Waals surface area contributed by atoms with Crippen LogP contribution in [0.4, 0.5) is 0 Å². The van der Waals surface area contributed by atoms with E-state index in [2.05, 4.69) is 43.4 Å². The van der Waals surface area contributed by atoms with Crippen LogP contribution in [0.1, 0.15) is 62.6 Å². The van der Waals surface area contributed by atoms with Crippen molar-refractivity contribution in [1.29, 1.82) is 0 Å². The highest BCUT2D eigenvalue weighted by Gasteiger charge is 2.34. The largest absolute Gasteiger partial charge is 0.307 e. The highest BCUT2D eigenvalue weighted by molar-refractivity contribution is 5.28. The van der Waals surface area contributed by atoms with Gasteiger partial charge in [-0.3, -0.25) is 0 Å². The molecule has 0 aromatic heterocycles. The molecular weight excluding hydrogens is 230 g/mol. The van der Waals surface area contributed by atoms with Gasteiger partial charge >= 0.3 is 0 Å². The van der Waals surface area contributed by atoms with Gasteiger partial charge in [-0.1, -0.05) is 37.1 Å². The maximum atomic E-state index is 3.89. The van der Waals surface area contributed by atoms with E-state index < -0.39 is 0 Å². The second-order valence-corrected chi connectivity index (χ2v) is 6.71. The first-order valence-electron chi connectivity index (χ1n) is 8.05. The van der Waals surface area contributed by atoms with Crippen molar-refractivity contribution in [3.05, 3.63) is 35.4 Å². The lowest BCUT2D eigenvalue weighted by molar-refractivity contribution is 0.249. The molecule has 2 saturated carbocycles. The molecule has 2 unspecified atom stereocenters. The Kier molecular flexibility index (Phi) is 3.93. The zero-order valence-electron chi connectivity index (χ0n) is 12.4. The second kappa shape index (κ2) is 5.66. The summed E-state index contributed by atoms with van der Waals surface area (Å²) in [4.78, 5) is 0. The molecule has 0 aliphatic heterocycles. The van der Waals surface area contributed by atoms with Crippen molar-refractivity contribution < 1.29 is 0 Å². The summed E-state index contributed by atoms with van der Waals surface area (Å²) >= 11 is 0. The Hall–Kier alpha value is -0.820. The van der Waals surface area contributed by atoms with E-state index in [4.69, 9.17) is 0 Å². The number of hydrogen-bond donors (Lipinski definition) is 1. The molecule has 2 aliphatic carbocycles. The second-order valence-electron chi connectivity index (χ2n) is 6.71. The predicted molar refractivity (Wildman–Crippen MR) is 81.2 cm³/mol. The van der Waals surface area contributed by atoms with Crippen LogP contribution in [0, 0.1) is 18.8 Å². The van der Waals surface area contributed by atoms with E-state index in [9.17, 15) is 0 Å². The summed E-state index contributed by atoms with van der Waals surface area (Å²) < 4.78 is 0. The Labute approximate surface area is 117 Å². The normalized spacial score (nSPS) is 29.2. The minimum Gasteiger partial charge on any atom is -0.307 e. The van der Waals surface area contributed by atoms with Gasteiger partial charge in [0.1, 0.15) is 0 Å². The number of hydrogen-bond acceptors (Lipinski definition) is 1. The number of aryl methyl sites for hydroxylation is 1. The summed E-state index contributed by atoms with van der Waals surface area (Å²) in [5.41, 5.74) is 2.88. The van der Waals surface area contributed by atoms with Crippen molar-refractivity contribution in [2.45, 2.75) is 64.5 Å². The van der Waals surface area contributed by atoms with Crippen LogP contribution in [-0.2, 0) is 0 Å². The third kappa shape index (κ3) is 3.20. The van der Waals surface area contributed by atoms with Gasteiger partial charge in [0.15, 0.2) is 0 Å². The Bertz CT molecular complexity index is 421. The molecule has 1 nitrogen and oxygen atoms in total. The molecule has 104 valence electrons. The lowest BCUT2D eigenvalue weighted by Crippen LogP contribution is -2.36. The molecule has 1 aromatic carbocycles. The molecule has 0 saturated heterocycles. The number of rotatable bonds is 4. The maximum absolute atomic E-state index is 3.89. The van der Waals surface area contributed by atoms with Crippen molar-refractivity contribution in [2.75, 3.05) is 0 Å². The van der Waals surface area contributed by atoms with Crippen LogP contribution >= 0.6 is 0 Å². The van der Waals surface area contributed by atoms with Gasteiger partial charge in [0.25, 0.3) is 0 Å². The molecule has 2 aliphatic rings. The molecule has 3 rings (SSSR count). The van der Waals surface area contributed by atoms with Gasteiger partial charge in [-0.25, -0.2) is 0 Å². The van der Waals surface area contributed by atoms with E-state index in [1.807, 2.05) is 0 Å². The lowest BCUT2D eigenvalue weighted by Gasteiger charge is -2.32. The first-order valence-corrected chi connectivity index (χ1v) is 8.05. The smallest absolute Gasteiger partial charge is 0.0296 e. The SMILES string of the molecule is Cc1ccccc1[C@@H](C)NC1CCCC(C2CC2)C1. The third-order valence-corrected chi connectivity index (χ3v) is 5.14. The van der Waals surface area contributed by atoms with E-state index in [1.54, 1.807) is 0 Å². The van der Waals surface area contributed by atoms with E-state index in [0.717, 1.165) is 17.9 Å². The monoisotopic (exact) mass is 257 g/mol. The fraction of sp³-hybridized carbons (Fsp3) is 0.667. The minimum atomic E-state index is 0.490. The first kappa shape index (κ1) is 13.2. The summed E-state index contributed by atoms with van der Waals surface area (Å²) in [6.45, 7) is 4.55. The Balaban J connectivity index is 1.59. The molecule has 1 heteroatoms. The van der Waals surface area contributed by atoms with Gasteiger partial charge in [-0.05, 0) is 62.5 Å². The van der Waals surface area contributed by atoms with Crippen molar-refractivity contribution in [1.82, 2.24) is 5.32 Å². The summed E-state index contributed by atoms with van der Waals surface area (Å²) in [6.07, 6.45) is 8.72. The van der Waals surface area contributed by atoms with Gasteiger partial charge < -0.3 is 5.32 Å². The summed E-state index contributed by atoms with van der Waals surface area (Å²) in [7, 11) is 0. The predicted octanol–water partition coefficient (Wildman–Crippen LogP) is 4.61. The fourth-order valence-electron chi connectivity index (χ4n) is 3.89. The maximum Gasteiger partial charge on any atom is 0.0296 e. The molecule has 19 heavy (non-hydrogen) atoms. The van der Waals surface area contributed by atoms with Crippen LogP contribution in [0.15, 0.2) is 24.3 Å². The molecule has 0 bridgehead atoms. The van der Waals surface area contributed by atoms with Crippen LogP contribution in [0.2, 0.25) is 0 Å². The Morgan fingerprint density at radius 1 is 1.05 bits per heavy atom. The van der Waals surface area contributed by atoms with Gasteiger partial charge in [0.05, 0.1) is 0 Å². The molecule has 0 radical (unpaired) electrons. The highest BCUT2D eigenvalue weighted by Crippen LogP contribution is 2.44. The summed E-state index contributed by atoms with van der Waals surface area (Å²) in [5.74, 6) is 2.11. The minimum absolute atomic E-state index is 0.490. The topological polar surface area (TPSA) is 12.0 Å². The molecule has 1 N–H and O–H groups in total.